The average molecular weight is 374 g/mol. The number of carbonyl (C=O) groups excluding carboxylic acids is 2. The molecule has 0 aliphatic rings. The Kier molecular flexibility index (Phi) is 5.69. The molecule has 1 aromatic heterocycles. The van der Waals surface area contributed by atoms with Crippen molar-refractivity contribution in [1.82, 2.24) is 9.99 Å². The van der Waals surface area contributed by atoms with Crippen LogP contribution in [0, 0.1) is 13.8 Å². The molecule has 1 heterocycles. The number of hydrazone groups is 1. The number of aromatic nitrogens is 1. The van der Waals surface area contributed by atoms with Crippen molar-refractivity contribution >= 4 is 23.7 Å². The van der Waals surface area contributed by atoms with Crippen LogP contribution in [-0.2, 0) is 4.79 Å². The molecule has 0 aliphatic heterocycles. The summed E-state index contributed by atoms with van der Waals surface area (Å²) in [6, 6.07) is 18.9. The maximum absolute atomic E-state index is 12.5. The van der Waals surface area contributed by atoms with Gasteiger partial charge < -0.3 is 9.88 Å². The summed E-state index contributed by atoms with van der Waals surface area (Å²) < 4.78 is 2.04. The number of rotatable bonds is 5. The minimum Gasteiger partial charge on any atom is -0.326 e. The van der Waals surface area contributed by atoms with E-state index in [1.165, 1.54) is 6.92 Å². The second-order valence-electron chi connectivity index (χ2n) is 6.46. The molecule has 0 radical (unpaired) electrons. The van der Waals surface area contributed by atoms with Crippen LogP contribution in [0.3, 0.4) is 0 Å². The molecule has 0 spiro atoms. The van der Waals surface area contributed by atoms with Gasteiger partial charge in [-0.1, -0.05) is 30.3 Å². The molecule has 142 valence electrons. The molecule has 28 heavy (non-hydrogen) atoms. The zero-order valence-electron chi connectivity index (χ0n) is 16.1. The van der Waals surface area contributed by atoms with Crippen molar-refractivity contribution in [2.75, 3.05) is 5.32 Å². The molecule has 0 saturated carbocycles. The Bertz CT molecular complexity index is 1020. The Hall–Kier alpha value is -3.67. The van der Waals surface area contributed by atoms with Crippen LogP contribution in [0.1, 0.15) is 34.2 Å². The number of hydrogen-bond donors (Lipinski definition) is 2. The largest absolute Gasteiger partial charge is 0.326 e. The zero-order chi connectivity index (χ0) is 20.1. The van der Waals surface area contributed by atoms with E-state index in [9.17, 15) is 9.59 Å². The SMILES string of the molecule is CC(=O)Nc1ccc(/C=N/NC(=O)c2cc(C)n(-c3ccccc3)c2C)cc1. The molecule has 2 aromatic carbocycles. The summed E-state index contributed by atoms with van der Waals surface area (Å²) in [5.41, 5.74) is 7.53. The Morgan fingerprint density at radius 3 is 2.32 bits per heavy atom. The highest BCUT2D eigenvalue weighted by molar-refractivity contribution is 5.96. The summed E-state index contributed by atoms with van der Waals surface area (Å²) in [4.78, 5) is 23.6. The fourth-order valence-corrected chi connectivity index (χ4v) is 3.05. The van der Waals surface area contributed by atoms with Gasteiger partial charge in [0.2, 0.25) is 5.91 Å². The van der Waals surface area contributed by atoms with Gasteiger partial charge in [0.15, 0.2) is 0 Å². The van der Waals surface area contributed by atoms with Crippen LogP contribution < -0.4 is 10.7 Å². The normalized spacial score (nSPS) is 10.8. The number of amides is 2. The Balaban J connectivity index is 1.70. The molecule has 0 unspecified atom stereocenters. The molecule has 0 bridgehead atoms. The van der Waals surface area contributed by atoms with Crippen LogP contribution in [0.4, 0.5) is 5.69 Å². The molecule has 0 atom stereocenters. The third-order valence-electron chi connectivity index (χ3n) is 4.30. The van der Waals surface area contributed by atoms with Crippen LogP contribution in [0.25, 0.3) is 5.69 Å². The third-order valence-corrected chi connectivity index (χ3v) is 4.30. The average Bonchev–Trinajstić information content (AvgIpc) is 2.97. The molecular weight excluding hydrogens is 352 g/mol. The van der Waals surface area contributed by atoms with Gasteiger partial charge in [0.05, 0.1) is 11.8 Å². The molecule has 3 rings (SSSR count). The van der Waals surface area contributed by atoms with Gasteiger partial charge >= 0.3 is 0 Å². The lowest BCUT2D eigenvalue weighted by Crippen LogP contribution is -2.18. The van der Waals surface area contributed by atoms with Crippen LogP contribution >= 0.6 is 0 Å². The van der Waals surface area contributed by atoms with Gasteiger partial charge in [-0.05, 0) is 49.7 Å². The van der Waals surface area contributed by atoms with Crippen molar-refractivity contribution in [2.24, 2.45) is 5.10 Å². The first-order valence-corrected chi connectivity index (χ1v) is 8.91. The minimum absolute atomic E-state index is 0.123. The lowest BCUT2D eigenvalue weighted by atomic mass is 10.2. The quantitative estimate of drug-likeness (QED) is 0.526. The van der Waals surface area contributed by atoms with Gasteiger partial charge in [0, 0.05) is 29.7 Å². The summed E-state index contributed by atoms with van der Waals surface area (Å²) >= 11 is 0. The number of benzene rings is 2. The summed E-state index contributed by atoms with van der Waals surface area (Å²) in [5.74, 6) is -0.386. The van der Waals surface area contributed by atoms with Gasteiger partial charge in [0.25, 0.3) is 5.91 Å². The molecule has 6 nitrogen and oxygen atoms in total. The molecule has 2 N–H and O–H groups in total. The van der Waals surface area contributed by atoms with E-state index in [-0.39, 0.29) is 11.8 Å². The highest BCUT2D eigenvalue weighted by Gasteiger charge is 2.16. The van der Waals surface area contributed by atoms with Crippen molar-refractivity contribution in [3.63, 3.8) is 0 Å². The molecule has 3 aromatic rings. The molecule has 0 aliphatic carbocycles. The van der Waals surface area contributed by atoms with Crippen molar-refractivity contribution in [3.05, 3.63) is 83.2 Å². The van der Waals surface area contributed by atoms with Crippen molar-refractivity contribution < 1.29 is 9.59 Å². The highest BCUT2D eigenvalue weighted by atomic mass is 16.2. The Labute approximate surface area is 163 Å². The number of nitrogens with one attached hydrogen (secondary N) is 2. The van der Waals surface area contributed by atoms with E-state index in [2.05, 4.69) is 15.8 Å². The van der Waals surface area contributed by atoms with E-state index in [1.54, 1.807) is 18.3 Å². The second-order valence-corrected chi connectivity index (χ2v) is 6.46. The van der Waals surface area contributed by atoms with Gasteiger partial charge in [-0.3, -0.25) is 9.59 Å². The maximum atomic E-state index is 12.5. The first-order chi connectivity index (χ1) is 13.5. The van der Waals surface area contributed by atoms with E-state index in [0.29, 0.717) is 11.3 Å². The van der Waals surface area contributed by atoms with Gasteiger partial charge in [-0.2, -0.15) is 5.10 Å². The third kappa shape index (κ3) is 4.35. The van der Waals surface area contributed by atoms with Gasteiger partial charge in [-0.15, -0.1) is 0 Å². The maximum Gasteiger partial charge on any atom is 0.273 e. The van der Waals surface area contributed by atoms with Crippen LogP contribution in [0.15, 0.2) is 65.8 Å². The van der Waals surface area contributed by atoms with Gasteiger partial charge in [-0.25, -0.2) is 5.43 Å². The number of carbonyl (C=O) groups is 2. The lowest BCUT2D eigenvalue weighted by Gasteiger charge is -2.09. The molecule has 6 heteroatoms. The summed E-state index contributed by atoms with van der Waals surface area (Å²) in [5, 5.41) is 6.74. The topological polar surface area (TPSA) is 75.5 Å². The standard InChI is InChI=1S/C22H22N4O2/c1-15-13-21(16(2)26(15)20-7-5-4-6-8-20)22(28)25-23-14-18-9-11-19(12-10-18)24-17(3)27/h4-14H,1-3H3,(H,24,27)(H,25,28)/b23-14+. The molecule has 2 amide bonds. The van der Waals surface area contributed by atoms with Gasteiger partial charge in [0.1, 0.15) is 0 Å². The van der Waals surface area contributed by atoms with E-state index < -0.39 is 0 Å². The van der Waals surface area contributed by atoms with Crippen molar-refractivity contribution in [1.29, 1.82) is 0 Å². The monoisotopic (exact) mass is 374 g/mol. The predicted octanol–water partition coefficient (Wildman–Crippen LogP) is 3.82. The minimum atomic E-state index is -0.263. The lowest BCUT2D eigenvalue weighted by molar-refractivity contribution is -0.114. The van der Waals surface area contributed by atoms with E-state index in [0.717, 1.165) is 22.6 Å². The molecule has 0 fully saturated rings. The van der Waals surface area contributed by atoms with E-state index >= 15 is 0 Å². The zero-order valence-corrected chi connectivity index (χ0v) is 16.1. The first-order valence-electron chi connectivity index (χ1n) is 8.91. The number of aryl methyl sites for hydroxylation is 1. The number of para-hydroxylation sites is 1. The second kappa shape index (κ2) is 8.35. The highest BCUT2D eigenvalue weighted by Crippen LogP contribution is 2.20. The molecule has 0 saturated heterocycles. The number of hydrogen-bond acceptors (Lipinski definition) is 3. The van der Waals surface area contributed by atoms with Crippen LogP contribution in [-0.4, -0.2) is 22.6 Å². The summed E-state index contributed by atoms with van der Waals surface area (Å²) in [7, 11) is 0. The number of anilines is 1. The fourth-order valence-electron chi connectivity index (χ4n) is 3.05. The van der Waals surface area contributed by atoms with E-state index in [1.807, 2.05) is 66.9 Å². The van der Waals surface area contributed by atoms with E-state index in [4.69, 9.17) is 0 Å². The smallest absolute Gasteiger partial charge is 0.273 e. The Morgan fingerprint density at radius 1 is 1.00 bits per heavy atom. The fraction of sp³-hybridized carbons (Fsp3) is 0.136. The van der Waals surface area contributed by atoms with Crippen molar-refractivity contribution in [2.45, 2.75) is 20.8 Å². The summed E-state index contributed by atoms with van der Waals surface area (Å²) in [6.45, 7) is 5.34. The van der Waals surface area contributed by atoms with Crippen LogP contribution in [0.5, 0.6) is 0 Å². The van der Waals surface area contributed by atoms with Crippen molar-refractivity contribution in [3.8, 4) is 5.69 Å². The Morgan fingerprint density at radius 2 is 1.68 bits per heavy atom. The molecular formula is C22H22N4O2. The predicted molar refractivity (Wildman–Crippen MR) is 111 cm³/mol. The summed E-state index contributed by atoms with van der Waals surface area (Å²) in [6.07, 6.45) is 1.56. The van der Waals surface area contributed by atoms with Crippen LogP contribution in [0.2, 0.25) is 0 Å². The first kappa shape index (κ1) is 19.1. The number of nitrogens with zero attached hydrogens (tertiary/aromatic N) is 2.